The molecule has 14 heavy (non-hydrogen) atoms. The Bertz CT molecular complexity index is 204. The van der Waals surface area contributed by atoms with Gasteiger partial charge >= 0.3 is 0 Å². The average Bonchev–Trinajstić information content (AvgIpc) is 2.10. The molecule has 4 heteroatoms. The van der Waals surface area contributed by atoms with Crippen LogP contribution in [0.25, 0.3) is 0 Å². The van der Waals surface area contributed by atoms with E-state index in [0.29, 0.717) is 30.3 Å². The number of hydrogen-bond acceptors (Lipinski definition) is 2. The number of carbonyl (C=O) groups excluding carboxylic acids is 1. The van der Waals surface area contributed by atoms with Gasteiger partial charge in [0.15, 0.2) is 0 Å². The van der Waals surface area contributed by atoms with Gasteiger partial charge in [-0.3, -0.25) is 4.79 Å². The first-order chi connectivity index (χ1) is 6.47. The summed E-state index contributed by atoms with van der Waals surface area (Å²) in [7, 11) is 0. The van der Waals surface area contributed by atoms with Crippen molar-refractivity contribution in [3.63, 3.8) is 0 Å². The summed E-state index contributed by atoms with van der Waals surface area (Å²) in [5.74, 6) is 0.659. The van der Waals surface area contributed by atoms with Crippen molar-refractivity contribution in [2.75, 3.05) is 13.1 Å². The molecular weight excluding hydrogens is 196 g/mol. The van der Waals surface area contributed by atoms with Crippen LogP contribution in [0.1, 0.15) is 33.6 Å². The van der Waals surface area contributed by atoms with Crippen LogP contribution in [0, 0.1) is 5.92 Å². The lowest BCUT2D eigenvalue weighted by atomic mass is 10.2. The fourth-order valence-electron chi connectivity index (χ4n) is 1.23. The third-order valence-corrected chi connectivity index (χ3v) is 2.07. The third kappa shape index (κ3) is 5.91. The van der Waals surface area contributed by atoms with Crippen LogP contribution in [-0.4, -0.2) is 28.9 Å². The quantitative estimate of drug-likeness (QED) is 0.685. The zero-order valence-electron chi connectivity index (χ0n) is 9.25. The molecule has 0 spiro atoms. The molecule has 0 aliphatic carbocycles. The van der Waals surface area contributed by atoms with Crippen molar-refractivity contribution in [2.24, 2.45) is 11.7 Å². The molecule has 0 aromatic carbocycles. The summed E-state index contributed by atoms with van der Waals surface area (Å²) in [6.07, 6.45) is 1.16. The molecule has 0 radical (unpaired) electrons. The van der Waals surface area contributed by atoms with E-state index in [2.05, 4.69) is 13.8 Å². The summed E-state index contributed by atoms with van der Waals surface area (Å²) in [6.45, 7) is 7.50. The Kier molecular flexibility index (Phi) is 6.45. The second-order valence-corrected chi connectivity index (χ2v) is 4.33. The highest BCUT2D eigenvalue weighted by Crippen LogP contribution is 2.02. The van der Waals surface area contributed by atoms with E-state index in [0.717, 1.165) is 6.54 Å². The molecular formula is C10H20N2OS. The second-order valence-electron chi connectivity index (χ2n) is 3.80. The first-order valence-electron chi connectivity index (χ1n) is 5.03. The molecule has 82 valence electrons. The van der Waals surface area contributed by atoms with E-state index in [1.165, 1.54) is 0 Å². The Hall–Kier alpha value is -0.640. The van der Waals surface area contributed by atoms with E-state index in [-0.39, 0.29) is 5.91 Å². The monoisotopic (exact) mass is 216 g/mol. The number of rotatable bonds is 6. The van der Waals surface area contributed by atoms with Crippen LogP contribution in [0.5, 0.6) is 0 Å². The maximum atomic E-state index is 11.5. The maximum absolute atomic E-state index is 11.5. The summed E-state index contributed by atoms with van der Waals surface area (Å²) in [5, 5.41) is 0. The topological polar surface area (TPSA) is 46.3 Å². The standard InChI is InChI=1S/C10H20N2OS/c1-4-10(13)12(7-8(2)3)6-5-9(11)14/h8H,4-7H2,1-3H3,(H2,11,14). The zero-order valence-corrected chi connectivity index (χ0v) is 10.1. The second kappa shape index (κ2) is 6.76. The minimum absolute atomic E-state index is 0.176. The van der Waals surface area contributed by atoms with Gasteiger partial charge in [0.25, 0.3) is 0 Å². The van der Waals surface area contributed by atoms with Gasteiger partial charge in [0, 0.05) is 25.9 Å². The number of hydrogen-bond donors (Lipinski definition) is 1. The molecule has 2 N–H and O–H groups in total. The summed E-state index contributed by atoms with van der Waals surface area (Å²) >= 11 is 4.79. The Balaban J connectivity index is 4.10. The molecule has 0 unspecified atom stereocenters. The predicted molar refractivity (Wildman–Crippen MR) is 63.1 cm³/mol. The number of amides is 1. The van der Waals surface area contributed by atoms with Crippen LogP contribution in [0.2, 0.25) is 0 Å². The first kappa shape index (κ1) is 13.4. The van der Waals surface area contributed by atoms with Crippen molar-refractivity contribution in [1.29, 1.82) is 0 Å². The number of thiocarbonyl (C=S) groups is 1. The van der Waals surface area contributed by atoms with E-state index < -0.39 is 0 Å². The number of nitrogens with two attached hydrogens (primary N) is 1. The van der Waals surface area contributed by atoms with E-state index in [1.54, 1.807) is 0 Å². The third-order valence-electron chi connectivity index (χ3n) is 1.87. The zero-order chi connectivity index (χ0) is 11.1. The maximum Gasteiger partial charge on any atom is 0.222 e. The van der Waals surface area contributed by atoms with Crippen LogP contribution < -0.4 is 5.73 Å². The minimum atomic E-state index is 0.176. The highest BCUT2D eigenvalue weighted by molar-refractivity contribution is 7.80. The molecule has 0 aliphatic rings. The van der Waals surface area contributed by atoms with Gasteiger partial charge in [-0.2, -0.15) is 0 Å². The van der Waals surface area contributed by atoms with E-state index >= 15 is 0 Å². The molecule has 0 rings (SSSR count). The van der Waals surface area contributed by atoms with Gasteiger partial charge in [-0.25, -0.2) is 0 Å². The van der Waals surface area contributed by atoms with Gasteiger partial charge in [-0.1, -0.05) is 33.0 Å². The van der Waals surface area contributed by atoms with Gasteiger partial charge in [-0.05, 0) is 5.92 Å². The first-order valence-corrected chi connectivity index (χ1v) is 5.44. The van der Waals surface area contributed by atoms with Crippen molar-refractivity contribution in [1.82, 2.24) is 4.90 Å². The van der Waals surface area contributed by atoms with Gasteiger partial charge in [0.2, 0.25) is 5.91 Å². The molecule has 3 nitrogen and oxygen atoms in total. The SMILES string of the molecule is CCC(=O)N(CCC(N)=S)CC(C)C. The van der Waals surface area contributed by atoms with E-state index in [9.17, 15) is 4.79 Å². The van der Waals surface area contributed by atoms with Crippen LogP contribution in [0.15, 0.2) is 0 Å². The summed E-state index contributed by atoms with van der Waals surface area (Å²) < 4.78 is 0. The summed E-state index contributed by atoms with van der Waals surface area (Å²) in [4.78, 5) is 13.8. The van der Waals surface area contributed by atoms with Crippen molar-refractivity contribution in [3.05, 3.63) is 0 Å². The van der Waals surface area contributed by atoms with Crippen LogP contribution in [0.3, 0.4) is 0 Å². The van der Waals surface area contributed by atoms with Crippen molar-refractivity contribution >= 4 is 23.1 Å². The molecule has 0 aromatic rings. The molecule has 0 saturated heterocycles. The number of carbonyl (C=O) groups is 1. The van der Waals surface area contributed by atoms with Crippen LogP contribution in [-0.2, 0) is 4.79 Å². The van der Waals surface area contributed by atoms with Gasteiger partial charge < -0.3 is 10.6 Å². The molecule has 0 bridgehead atoms. The van der Waals surface area contributed by atoms with E-state index in [1.807, 2.05) is 11.8 Å². The molecule has 0 heterocycles. The molecule has 0 atom stereocenters. The Morgan fingerprint density at radius 1 is 1.50 bits per heavy atom. The number of nitrogens with zero attached hydrogens (tertiary/aromatic N) is 1. The largest absolute Gasteiger partial charge is 0.393 e. The molecule has 0 saturated carbocycles. The van der Waals surface area contributed by atoms with Crippen molar-refractivity contribution in [2.45, 2.75) is 33.6 Å². The minimum Gasteiger partial charge on any atom is -0.393 e. The molecule has 0 aliphatic heterocycles. The van der Waals surface area contributed by atoms with Gasteiger partial charge in [0.05, 0.1) is 4.99 Å². The lowest BCUT2D eigenvalue weighted by Gasteiger charge is -2.23. The molecule has 0 aromatic heterocycles. The van der Waals surface area contributed by atoms with Gasteiger partial charge in [0.1, 0.15) is 0 Å². The van der Waals surface area contributed by atoms with Crippen molar-refractivity contribution < 1.29 is 4.79 Å². The Morgan fingerprint density at radius 3 is 2.43 bits per heavy atom. The highest BCUT2D eigenvalue weighted by atomic mass is 32.1. The molecule has 1 amide bonds. The van der Waals surface area contributed by atoms with Crippen molar-refractivity contribution in [3.8, 4) is 0 Å². The fourth-order valence-corrected chi connectivity index (χ4v) is 1.32. The Labute approximate surface area is 91.6 Å². The summed E-state index contributed by atoms with van der Waals surface area (Å²) in [5.41, 5.74) is 5.41. The normalized spacial score (nSPS) is 10.3. The lowest BCUT2D eigenvalue weighted by Crippen LogP contribution is -2.36. The smallest absolute Gasteiger partial charge is 0.222 e. The Morgan fingerprint density at radius 2 is 2.07 bits per heavy atom. The highest BCUT2D eigenvalue weighted by Gasteiger charge is 2.12. The predicted octanol–water partition coefficient (Wildman–Crippen LogP) is 1.56. The molecule has 0 fully saturated rings. The average molecular weight is 216 g/mol. The summed E-state index contributed by atoms with van der Waals surface area (Å²) in [6, 6.07) is 0. The lowest BCUT2D eigenvalue weighted by molar-refractivity contribution is -0.131. The van der Waals surface area contributed by atoms with Gasteiger partial charge in [-0.15, -0.1) is 0 Å². The van der Waals surface area contributed by atoms with E-state index in [4.69, 9.17) is 18.0 Å². The van der Waals surface area contributed by atoms with Crippen LogP contribution >= 0.6 is 12.2 Å². The fraction of sp³-hybridized carbons (Fsp3) is 0.800. The van der Waals surface area contributed by atoms with Crippen LogP contribution in [0.4, 0.5) is 0 Å².